The number of thiazole rings is 1. The second-order valence-corrected chi connectivity index (χ2v) is 9.25. The largest absolute Gasteiger partial charge is 0.497 e. The first kappa shape index (κ1) is 17.2. The monoisotopic (exact) mass is 383 g/mol. The van der Waals surface area contributed by atoms with Crippen molar-refractivity contribution in [3.05, 3.63) is 45.9 Å². The van der Waals surface area contributed by atoms with E-state index in [1.807, 2.05) is 18.3 Å². The maximum atomic E-state index is 13.5. The number of methoxy groups -OCH3 is 1. The third-order valence-electron chi connectivity index (χ3n) is 6.63. The quantitative estimate of drug-likeness (QED) is 0.812. The summed E-state index contributed by atoms with van der Waals surface area (Å²) in [6, 6.07) is 8.44. The van der Waals surface area contributed by atoms with Crippen molar-refractivity contribution in [2.24, 2.45) is 5.92 Å². The van der Waals surface area contributed by atoms with E-state index in [2.05, 4.69) is 33.8 Å². The number of aryl methyl sites for hydroxylation is 1. The van der Waals surface area contributed by atoms with Crippen LogP contribution in [0.4, 0.5) is 0 Å². The number of likely N-dealkylation sites (tertiary alicyclic amines) is 1. The van der Waals surface area contributed by atoms with Gasteiger partial charge in [-0.05, 0) is 50.4 Å². The molecule has 4 heterocycles. The van der Waals surface area contributed by atoms with Crippen molar-refractivity contribution in [2.75, 3.05) is 20.2 Å². The minimum atomic E-state index is -0.269. The second kappa shape index (κ2) is 6.31. The zero-order valence-corrected chi connectivity index (χ0v) is 16.7. The fourth-order valence-electron chi connectivity index (χ4n) is 5.47. The van der Waals surface area contributed by atoms with E-state index in [0.717, 1.165) is 43.1 Å². The van der Waals surface area contributed by atoms with E-state index < -0.39 is 0 Å². The van der Waals surface area contributed by atoms with Crippen molar-refractivity contribution < 1.29 is 9.53 Å². The van der Waals surface area contributed by atoms with Gasteiger partial charge in [0.1, 0.15) is 11.3 Å². The number of benzene rings is 1. The van der Waals surface area contributed by atoms with E-state index >= 15 is 0 Å². The Hall–Kier alpha value is -1.92. The van der Waals surface area contributed by atoms with E-state index in [4.69, 9.17) is 4.74 Å². The van der Waals surface area contributed by atoms with Gasteiger partial charge in [-0.15, -0.1) is 11.3 Å². The number of hydrogen-bond donors (Lipinski definition) is 0. The highest BCUT2D eigenvalue weighted by Gasteiger charge is 2.65. The van der Waals surface area contributed by atoms with Gasteiger partial charge in [0.05, 0.1) is 12.1 Å². The molecule has 3 atom stereocenters. The molecule has 5 rings (SSSR count). The zero-order valence-electron chi connectivity index (χ0n) is 15.9. The minimum Gasteiger partial charge on any atom is -0.497 e. The van der Waals surface area contributed by atoms with Crippen LogP contribution in [0.2, 0.25) is 0 Å². The molecule has 142 valence electrons. The first-order valence-corrected chi connectivity index (χ1v) is 10.5. The molecule has 5 nitrogen and oxygen atoms in total. The number of carbonyl (C=O) groups excluding carboxylic acids is 1. The Morgan fingerprint density at radius 3 is 2.85 bits per heavy atom. The normalized spacial score (nSPS) is 30.0. The first-order chi connectivity index (χ1) is 13.1. The summed E-state index contributed by atoms with van der Waals surface area (Å²) in [6.07, 6.45) is 5.22. The lowest BCUT2D eigenvalue weighted by atomic mass is 9.85. The number of aromatic nitrogens is 1. The number of hydrogen-bond acceptors (Lipinski definition) is 5. The molecule has 1 amide bonds. The molecule has 0 radical (unpaired) electrons. The summed E-state index contributed by atoms with van der Waals surface area (Å²) in [5.74, 6) is 1.62. The van der Waals surface area contributed by atoms with Gasteiger partial charge < -0.3 is 9.64 Å². The molecule has 0 unspecified atom stereocenters. The maximum Gasteiger partial charge on any atom is 0.243 e. The van der Waals surface area contributed by atoms with E-state index in [1.165, 1.54) is 10.4 Å². The van der Waals surface area contributed by atoms with Gasteiger partial charge in [-0.1, -0.05) is 12.1 Å². The summed E-state index contributed by atoms with van der Waals surface area (Å²) in [5.41, 5.74) is 0.898. The summed E-state index contributed by atoms with van der Waals surface area (Å²) in [7, 11) is 1.68. The average Bonchev–Trinajstić information content (AvgIpc) is 3.40. The smallest absolute Gasteiger partial charge is 0.243 e. The van der Waals surface area contributed by atoms with Crippen molar-refractivity contribution in [1.82, 2.24) is 14.8 Å². The molecule has 0 saturated carbocycles. The van der Waals surface area contributed by atoms with E-state index in [0.29, 0.717) is 24.4 Å². The molecule has 1 aromatic carbocycles. The van der Waals surface area contributed by atoms with E-state index in [1.54, 1.807) is 18.4 Å². The Labute approximate surface area is 164 Å². The van der Waals surface area contributed by atoms with Crippen LogP contribution >= 0.6 is 11.3 Å². The molecular weight excluding hydrogens is 358 g/mol. The molecule has 3 saturated heterocycles. The predicted octanol–water partition coefficient (Wildman–Crippen LogP) is 3.40. The lowest BCUT2D eigenvalue weighted by molar-refractivity contribution is -0.137. The van der Waals surface area contributed by atoms with Crippen LogP contribution < -0.4 is 4.74 Å². The molecule has 2 aromatic rings. The van der Waals surface area contributed by atoms with Gasteiger partial charge in [-0.2, -0.15) is 0 Å². The topological polar surface area (TPSA) is 45.7 Å². The van der Waals surface area contributed by atoms with Crippen LogP contribution in [0.25, 0.3) is 0 Å². The lowest BCUT2D eigenvalue weighted by Crippen LogP contribution is -2.49. The van der Waals surface area contributed by atoms with E-state index in [-0.39, 0.29) is 5.54 Å². The molecule has 6 heteroatoms. The molecule has 3 aliphatic rings. The molecule has 0 bridgehead atoms. The fraction of sp³-hybridized carbons (Fsp3) is 0.524. The number of rotatable bonds is 4. The summed E-state index contributed by atoms with van der Waals surface area (Å²) >= 11 is 1.79. The lowest BCUT2D eigenvalue weighted by Gasteiger charge is -2.33. The fourth-order valence-corrected chi connectivity index (χ4v) is 6.38. The molecule has 0 aliphatic carbocycles. The Morgan fingerprint density at radius 1 is 1.33 bits per heavy atom. The summed E-state index contributed by atoms with van der Waals surface area (Å²) in [6.45, 7) is 4.65. The highest BCUT2D eigenvalue weighted by atomic mass is 32.1. The highest BCUT2D eigenvalue weighted by Crippen LogP contribution is 2.56. The van der Waals surface area contributed by atoms with Gasteiger partial charge in [0, 0.05) is 36.1 Å². The van der Waals surface area contributed by atoms with Crippen molar-refractivity contribution in [1.29, 1.82) is 0 Å². The summed E-state index contributed by atoms with van der Waals surface area (Å²) in [4.78, 5) is 23.9. The van der Waals surface area contributed by atoms with Gasteiger partial charge in [-0.25, -0.2) is 4.98 Å². The number of nitrogens with zero attached hydrogens (tertiary/aromatic N) is 3. The number of carbonyl (C=O) groups is 1. The molecule has 1 aromatic heterocycles. The van der Waals surface area contributed by atoms with Crippen LogP contribution in [0.1, 0.15) is 40.8 Å². The van der Waals surface area contributed by atoms with Crippen LogP contribution in [0.15, 0.2) is 30.5 Å². The molecule has 3 aliphatic heterocycles. The van der Waals surface area contributed by atoms with Gasteiger partial charge in [0.2, 0.25) is 5.91 Å². The molecule has 27 heavy (non-hydrogen) atoms. The highest BCUT2D eigenvalue weighted by molar-refractivity contribution is 7.11. The maximum absolute atomic E-state index is 13.5. The Kier molecular flexibility index (Phi) is 4.02. The van der Waals surface area contributed by atoms with Crippen LogP contribution in [-0.2, 0) is 11.3 Å². The Bertz CT molecular complexity index is 865. The second-order valence-electron chi connectivity index (χ2n) is 7.99. The SMILES string of the molecule is COc1ccc(CN2C[C@@H]3C[C@@H](c4cnc(C)s4)N4CCC[C@@]34C2=O)cc1. The van der Waals surface area contributed by atoms with Gasteiger partial charge in [0.15, 0.2) is 0 Å². The van der Waals surface area contributed by atoms with Gasteiger partial charge in [0.25, 0.3) is 0 Å². The average molecular weight is 384 g/mol. The third-order valence-corrected chi connectivity index (χ3v) is 7.64. The molecule has 0 N–H and O–H groups in total. The van der Waals surface area contributed by atoms with Crippen LogP contribution in [0.5, 0.6) is 5.75 Å². The predicted molar refractivity (Wildman–Crippen MR) is 105 cm³/mol. The van der Waals surface area contributed by atoms with Crippen LogP contribution in [-0.4, -0.2) is 46.4 Å². The minimum absolute atomic E-state index is 0.269. The summed E-state index contributed by atoms with van der Waals surface area (Å²) < 4.78 is 5.24. The van der Waals surface area contributed by atoms with Crippen molar-refractivity contribution >= 4 is 17.2 Å². The zero-order chi connectivity index (χ0) is 18.6. The number of ether oxygens (including phenoxy) is 1. The van der Waals surface area contributed by atoms with Crippen LogP contribution in [0, 0.1) is 12.8 Å². The Balaban J connectivity index is 1.39. The first-order valence-electron chi connectivity index (χ1n) is 9.73. The van der Waals surface area contributed by atoms with Gasteiger partial charge >= 0.3 is 0 Å². The van der Waals surface area contributed by atoms with Crippen molar-refractivity contribution in [2.45, 2.75) is 44.3 Å². The van der Waals surface area contributed by atoms with E-state index in [9.17, 15) is 4.79 Å². The standard InChI is InChI=1S/C21H25N3O2S/c1-14-22-11-19(27-14)18-10-16-13-23(12-15-4-6-17(26-2)7-5-15)20(25)21(16)8-3-9-24(18)21/h4-7,11,16,18H,3,8-10,12-13H2,1-2H3/t16-,18-,21-/m0/s1. The number of amides is 1. The van der Waals surface area contributed by atoms with Crippen LogP contribution in [0.3, 0.4) is 0 Å². The third kappa shape index (κ3) is 2.53. The van der Waals surface area contributed by atoms with Gasteiger partial charge in [-0.3, -0.25) is 9.69 Å². The Morgan fingerprint density at radius 2 is 2.15 bits per heavy atom. The molecular formula is C21H25N3O2S. The summed E-state index contributed by atoms with van der Waals surface area (Å²) in [5, 5.41) is 1.11. The molecule has 1 spiro atoms. The molecule has 3 fully saturated rings. The van der Waals surface area contributed by atoms with Crippen molar-refractivity contribution in [3.8, 4) is 5.75 Å². The van der Waals surface area contributed by atoms with Crippen molar-refractivity contribution in [3.63, 3.8) is 0 Å².